The van der Waals surface area contributed by atoms with Crippen LogP contribution in [0.2, 0.25) is 0 Å². The molecule has 0 aliphatic carbocycles. The zero-order chi connectivity index (χ0) is 23.5. The third-order valence-corrected chi connectivity index (χ3v) is 7.71. The lowest BCUT2D eigenvalue weighted by Gasteiger charge is -2.28. The number of hydrogen-bond donors (Lipinski definition) is 0. The zero-order valence-electron chi connectivity index (χ0n) is 19.9. The molecule has 3 rings (SSSR count). The Kier molecular flexibility index (Phi) is 7.59. The van der Waals surface area contributed by atoms with Crippen molar-refractivity contribution in [1.82, 2.24) is 18.8 Å². The highest BCUT2D eigenvalue weighted by atomic mass is 32.2. The molecule has 0 fully saturated rings. The molecule has 0 aliphatic heterocycles. The molecule has 1 atom stereocenters. The number of aromatic nitrogens is 2. The molecule has 8 heteroatoms. The first-order valence-electron chi connectivity index (χ1n) is 11.0. The number of methoxy groups -OCH3 is 1. The van der Waals surface area contributed by atoms with Crippen molar-refractivity contribution in [3.05, 3.63) is 53.9 Å². The van der Waals surface area contributed by atoms with Crippen LogP contribution >= 0.6 is 0 Å². The molecule has 0 bridgehead atoms. The van der Waals surface area contributed by atoms with Crippen LogP contribution in [0, 0.1) is 0 Å². The normalized spacial score (nSPS) is 13.2. The van der Waals surface area contributed by atoms with Crippen molar-refractivity contribution in [1.29, 1.82) is 0 Å². The Labute approximate surface area is 191 Å². The van der Waals surface area contributed by atoms with Gasteiger partial charge in [-0.2, -0.15) is 0 Å². The number of nitrogens with zero attached hydrogens (tertiary/aromatic N) is 4. The molecule has 0 amide bonds. The summed E-state index contributed by atoms with van der Waals surface area (Å²) in [6.07, 6.45) is 0.966. The number of sulfonamides is 1. The van der Waals surface area contributed by atoms with Crippen LogP contribution in [0.4, 0.5) is 0 Å². The van der Waals surface area contributed by atoms with Crippen molar-refractivity contribution in [3.63, 3.8) is 0 Å². The molecule has 174 valence electrons. The molecule has 0 saturated heterocycles. The van der Waals surface area contributed by atoms with Crippen LogP contribution in [-0.2, 0) is 23.1 Å². The van der Waals surface area contributed by atoms with Crippen LogP contribution in [0.5, 0.6) is 5.75 Å². The molecule has 1 heterocycles. The molecular weight excluding hydrogens is 424 g/mol. The van der Waals surface area contributed by atoms with Crippen molar-refractivity contribution < 1.29 is 13.2 Å². The van der Waals surface area contributed by atoms with Crippen molar-refractivity contribution in [2.75, 3.05) is 27.7 Å². The van der Waals surface area contributed by atoms with Gasteiger partial charge in [-0.15, -0.1) is 0 Å². The smallest absolute Gasteiger partial charge is 0.242 e. The summed E-state index contributed by atoms with van der Waals surface area (Å²) in [6.45, 7) is 8.82. The molecule has 1 aromatic heterocycles. The SMILES string of the molecule is CCCn1c(CN(CC)C(C)c2cccc(OC)c2)nc2cc(S(=O)(=O)N(C)C)ccc21. The zero-order valence-corrected chi connectivity index (χ0v) is 20.7. The van der Waals surface area contributed by atoms with E-state index in [4.69, 9.17) is 9.72 Å². The average Bonchev–Trinajstić information content (AvgIpc) is 3.13. The topological polar surface area (TPSA) is 67.7 Å². The summed E-state index contributed by atoms with van der Waals surface area (Å²) >= 11 is 0. The molecule has 32 heavy (non-hydrogen) atoms. The first-order chi connectivity index (χ1) is 15.2. The second-order valence-corrected chi connectivity index (χ2v) is 10.3. The summed E-state index contributed by atoms with van der Waals surface area (Å²) < 4.78 is 34.0. The quantitative estimate of drug-likeness (QED) is 0.453. The Morgan fingerprint density at radius 1 is 1.12 bits per heavy atom. The van der Waals surface area contributed by atoms with E-state index in [2.05, 4.69) is 42.4 Å². The van der Waals surface area contributed by atoms with E-state index in [-0.39, 0.29) is 10.9 Å². The van der Waals surface area contributed by atoms with Gasteiger partial charge < -0.3 is 9.30 Å². The van der Waals surface area contributed by atoms with E-state index in [0.29, 0.717) is 12.1 Å². The Hall–Kier alpha value is -2.42. The third-order valence-electron chi connectivity index (χ3n) is 5.90. The maximum Gasteiger partial charge on any atom is 0.242 e. The number of hydrogen-bond acceptors (Lipinski definition) is 5. The fourth-order valence-corrected chi connectivity index (χ4v) is 4.86. The Bertz CT molecular complexity index is 1170. The number of ether oxygens (including phenoxy) is 1. The average molecular weight is 459 g/mol. The molecule has 0 saturated carbocycles. The lowest BCUT2D eigenvalue weighted by atomic mass is 10.1. The van der Waals surface area contributed by atoms with Gasteiger partial charge in [-0.3, -0.25) is 4.90 Å². The highest BCUT2D eigenvalue weighted by molar-refractivity contribution is 7.89. The summed E-state index contributed by atoms with van der Waals surface area (Å²) in [4.78, 5) is 7.50. The summed E-state index contributed by atoms with van der Waals surface area (Å²) in [5.74, 6) is 1.79. The minimum Gasteiger partial charge on any atom is -0.497 e. The fourth-order valence-electron chi connectivity index (χ4n) is 3.94. The molecule has 7 nitrogen and oxygen atoms in total. The van der Waals surface area contributed by atoms with Gasteiger partial charge in [0, 0.05) is 26.7 Å². The monoisotopic (exact) mass is 458 g/mol. The van der Waals surface area contributed by atoms with E-state index in [1.807, 2.05) is 18.2 Å². The fraction of sp³-hybridized carbons (Fsp3) is 0.458. The van der Waals surface area contributed by atoms with Crippen molar-refractivity contribution >= 4 is 21.1 Å². The van der Waals surface area contributed by atoms with Gasteiger partial charge in [-0.1, -0.05) is 26.0 Å². The number of imidazole rings is 1. The summed E-state index contributed by atoms with van der Waals surface area (Å²) in [5.41, 5.74) is 2.86. The Balaban J connectivity index is 1.99. The summed E-state index contributed by atoms with van der Waals surface area (Å²) in [5, 5.41) is 0. The van der Waals surface area contributed by atoms with Crippen molar-refractivity contribution in [3.8, 4) is 5.75 Å². The lowest BCUT2D eigenvalue weighted by molar-refractivity contribution is 0.204. The Morgan fingerprint density at radius 2 is 1.88 bits per heavy atom. The van der Waals surface area contributed by atoms with Crippen LogP contribution in [0.25, 0.3) is 11.0 Å². The predicted octanol–water partition coefficient (Wildman–Crippen LogP) is 4.29. The maximum atomic E-state index is 12.6. The van der Waals surface area contributed by atoms with Gasteiger partial charge in [0.2, 0.25) is 10.0 Å². The Morgan fingerprint density at radius 3 is 2.50 bits per heavy atom. The van der Waals surface area contributed by atoms with E-state index in [1.54, 1.807) is 33.3 Å². The van der Waals surface area contributed by atoms with Gasteiger partial charge in [0.15, 0.2) is 0 Å². The highest BCUT2D eigenvalue weighted by Gasteiger charge is 2.22. The van der Waals surface area contributed by atoms with Crippen LogP contribution in [0.1, 0.15) is 44.6 Å². The van der Waals surface area contributed by atoms with Gasteiger partial charge in [0.25, 0.3) is 0 Å². The maximum absolute atomic E-state index is 12.6. The second kappa shape index (κ2) is 10.0. The van der Waals surface area contributed by atoms with Crippen molar-refractivity contribution in [2.45, 2.75) is 51.2 Å². The lowest BCUT2D eigenvalue weighted by Crippen LogP contribution is -2.28. The van der Waals surface area contributed by atoms with Gasteiger partial charge in [-0.25, -0.2) is 17.7 Å². The first-order valence-corrected chi connectivity index (χ1v) is 12.5. The van der Waals surface area contributed by atoms with Gasteiger partial charge in [-0.05, 0) is 55.8 Å². The highest BCUT2D eigenvalue weighted by Crippen LogP contribution is 2.27. The van der Waals surface area contributed by atoms with Crippen LogP contribution < -0.4 is 4.74 Å². The van der Waals surface area contributed by atoms with E-state index < -0.39 is 10.0 Å². The molecule has 1 unspecified atom stereocenters. The molecule has 3 aromatic rings. The van der Waals surface area contributed by atoms with Crippen LogP contribution in [-0.4, -0.2) is 54.9 Å². The summed E-state index contributed by atoms with van der Waals surface area (Å²) in [7, 11) is 1.26. The first kappa shape index (κ1) is 24.2. The summed E-state index contributed by atoms with van der Waals surface area (Å²) in [6, 6.07) is 13.6. The number of rotatable bonds is 10. The molecule has 2 aromatic carbocycles. The molecule has 0 N–H and O–H groups in total. The van der Waals surface area contributed by atoms with E-state index >= 15 is 0 Å². The van der Waals surface area contributed by atoms with Gasteiger partial charge in [0.05, 0.1) is 29.6 Å². The predicted molar refractivity (Wildman–Crippen MR) is 128 cm³/mol. The minimum atomic E-state index is -3.51. The largest absolute Gasteiger partial charge is 0.497 e. The van der Waals surface area contributed by atoms with E-state index in [9.17, 15) is 8.42 Å². The number of aryl methyl sites for hydroxylation is 1. The molecule has 0 radical (unpaired) electrons. The second-order valence-electron chi connectivity index (χ2n) is 8.13. The van der Waals surface area contributed by atoms with Crippen LogP contribution in [0.15, 0.2) is 47.4 Å². The number of fused-ring (bicyclic) bond motifs is 1. The van der Waals surface area contributed by atoms with Gasteiger partial charge in [0.1, 0.15) is 11.6 Å². The third kappa shape index (κ3) is 4.82. The minimum absolute atomic E-state index is 0.176. The van der Waals surface area contributed by atoms with E-state index in [1.165, 1.54) is 9.87 Å². The van der Waals surface area contributed by atoms with Crippen molar-refractivity contribution in [2.24, 2.45) is 0 Å². The van der Waals surface area contributed by atoms with E-state index in [0.717, 1.165) is 36.6 Å². The standard InChI is InChI=1S/C24H34N4O3S/c1-7-14-28-23-13-12-21(32(29,30)26(4)5)16-22(23)25-24(28)17-27(8-2)18(3)19-10-9-11-20(15-19)31-6/h9-13,15-16,18H,7-8,14,17H2,1-6H3. The molecule has 0 spiro atoms. The molecule has 0 aliphatic rings. The number of benzene rings is 2. The molecular formula is C24H34N4O3S. The van der Waals surface area contributed by atoms with Gasteiger partial charge >= 0.3 is 0 Å². The van der Waals surface area contributed by atoms with Crippen LogP contribution in [0.3, 0.4) is 0 Å².